The molecule has 5 nitrogen and oxygen atoms in total. The number of amides is 1. The van der Waals surface area contributed by atoms with Crippen LogP contribution in [0.1, 0.15) is 26.7 Å². The van der Waals surface area contributed by atoms with Crippen LogP contribution in [0.4, 0.5) is 5.69 Å². The van der Waals surface area contributed by atoms with Crippen LogP contribution in [0.2, 0.25) is 0 Å². The van der Waals surface area contributed by atoms with Crippen LogP contribution in [-0.2, 0) is 14.6 Å². The first-order valence-electron chi connectivity index (χ1n) is 8.39. The summed E-state index contributed by atoms with van der Waals surface area (Å²) in [5, 5.41) is 0.561. The number of anilines is 1. The predicted molar refractivity (Wildman–Crippen MR) is 107 cm³/mol. The lowest BCUT2D eigenvalue weighted by Crippen LogP contribution is -2.37. The molecule has 2 aliphatic heterocycles. The van der Waals surface area contributed by atoms with E-state index in [1.807, 2.05) is 43.0 Å². The van der Waals surface area contributed by atoms with E-state index in [0.717, 1.165) is 23.0 Å². The van der Waals surface area contributed by atoms with E-state index < -0.39 is 9.84 Å². The fourth-order valence-electron chi connectivity index (χ4n) is 3.29. The lowest BCUT2D eigenvalue weighted by atomic mass is 10.0. The van der Waals surface area contributed by atoms with Gasteiger partial charge in [0.2, 0.25) is 0 Å². The monoisotopic (exact) mass is 444 g/mol. The number of rotatable bonds is 4. The molecule has 0 radical (unpaired) electrons. The maximum Gasteiger partial charge on any atom is 0.251 e. The molecule has 0 saturated carbocycles. The molecule has 0 bridgehead atoms. The fraction of sp³-hybridized carbons (Fsp3) is 0.529. The Morgan fingerprint density at radius 1 is 1.28 bits per heavy atom. The van der Waals surface area contributed by atoms with Crippen LogP contribution in [-0.4, -0.2) is 42.3 Å². The highest BCUT2D eigenvalue weighted by molar-refractivity contribution is 9.10. The van der Waals surface area contributed by atoms with Crippen LogP contribution in [0, 0.1) is 5.92 Å². The Morgan fingerprint density at radius 2 is 1.92 bits per heavy atom. The summed E-state index contributed by atoms with van der Waals surface area (Å²) in [6.45, 7) is 3.98. The van der Waals surface area contributed by atoms with Gasteiger partial charge in [-0.3, -0.25) is 4.79 Å². The van der Waals surface area contributed by atoms with E-state index in [1.165, 1.54) is 11.8 Å². The average molecular weight is 445 g/mol. The minimum Gasteiger partial charge on any atom is -0.316 e. The summed E-state index contributed by atoms with van der Waals surface area (Å²) in [7, 11) is -3.04. The minimum atomic E-state index is -3.04. The van der Waals surface area contributed by atoms with Crippen molar-refractivity contribution < 1.29 is 13.2 Å². The van der Waals surface area contributed by atoms with E-state index in [4.69, 9.17) is 0 Å². The number of aliphatic imine (C=N–C) groups is 1. The van der Waals surface area contributed by atoms with Crippen LogP contribution in [0.25, 0.3) is 0 Å². The number of hydrogen-bond donors (Lipinski definition) is 0. The minimum absolute atomic E-state index is 0.0677. The molecule has 2 saturated heterocycles. The van der Waals surface area contributed by atoms with E-state index in [-0.39, 0.29) is 34.6 Å². The summed E-state index contributed by atoms with van der Waals surface area (Å²) < 4.78 is 25.1. The molecular weight excluding hydrogens is 424 g/mol. The van der Waals surface area contributed by atoms with Gasteiger partial charge in [-0.2, -0.15) is 4.99 Å². The standard InChI is InChI=1S/C17H21BrN2O3S2/c1-3-11(4-2)16(21)19-17-20(13-7-5-12(18)6-8-13)14-9-25(22,23)10-15(14)24-17/h5-8,11,14-15H,3-4,9-10H2,1-2H3/t14-,15-/m0/s1. The average Bonchev–Trinajstić information content (AvgIpc) is 3.00. The van der Waals surface area contributed by atoms with Crippen molar-refractivity contribution in [1.29, 1.82) is 0 Å². The van der Waals surface area contributed by atoms with Gasteiger partial charge in [0.25, 0.3) is 5.91 Å². The van der Waals surface area contributed by atoms with E-state index in [0.29, 0.717) is 5.17 Å². The molecule has 8 heteroatoms. The number of halogens is 1. The molecule has 0 aromatic heterocycles. The van der Waals surface area contributed by atoms with Gasteiger partial charge in [-0.15, -0.1) is 0 Å². The molecule has 0 aliphatic carbocycles. The Labute approximate surface area is 161 Å². The van der Waals surface area contributed by atoms with Crippen molar-refractivity contribution in [3.63, 3.8) is 0 Å². The lowest BCUT2D eigenvalue weighted by Gasteiger charge is -2.24. The number of thioether (sulfide) groups is 1. The van der Waals surface area contributed by atoms with Crippen molar-refractivity contribution >= 4 is 54.3 Å². The highest BCUT2D eigenvalue weighted by Gasteiger charge is 2.49. The van der Waals surface area contributed by atoms with Gasteiger partial charge >= 0.3 is 0 Å². The number of amidine groups is 1. The lowest BCUT2D eigenvalue weighted by molar-refractivity contribution is -0.121. The Morgan fingerprint density at radius 3 is 2.52 bits per heavy atom. The third-order valence-corrected chi connectivity index (χ3v) is 8.45. The third kappa shape index (κ3) is 3.95. The van der Waals surface area contributed by atoms with Crippen LogP contribution in [0.5, 0.6) is 0 Å². The summed E-state index contributed by atoms with van der Waals surface area (Å²) in [5.41, 5.74) is 0.872. The van der Waals surface area contributed by atoms with Crippen molar-refractivity contribution in [2.45, 2.75) is 38.0 Å². The molecule has 2 heterocycles. The van der Waals surface area contributed by atoms with Gasteiger partial charge in [-0.05, 0) is 37.1 Å². The summed E-state index contributed by atoms with van der Waals surface area (Å²) >= 11 is 4.84. The molecule has 2 atom stereocenters. The van der Waals surface area contributed by atoms with Gasteiger partial charge in [0.1, 0.15) is 0 Å². The molecule has 3 rings (SSSR count). The zero-order chi connectivity index (χ0) is 18.2. The smallest absolute Gasteiger partial charge is 0.251 e. The summed E-state index contributed by atoms with van der Waals surface area (Å²) in [5.74, 6) is 0.0634. The maximum absolute atomic E-state index is 12.5. The van der Waals surface area contributed by atoms with Crippen molar-refractivity contribution in [2.24, 2.45) is 10.9 Å². The SMILES string of the molecule is CCC(CC)C(=O)N=C1S[C@H]2CS(=O)(=O)C[C@@H]2N1c1ccc(Br)cc1. The molecule has 25 heavy (non-hydrogen) atoms. The molecule has 2 fully saturated rings. The van der Waals surface area contributed by atoms with E-state index >= 15 is 0 Å². The molecule has 2 aliphatic rings. The second-order valence-corrected chi connectivity index (χ2v) is 10.7. The number of fused-ring (bicyclic) bond motifs is 1. The topological polar surface area (TPSA) is 66.8 Å². The number of hydrogen-bond acceptors (Lipinski definition) is 4. The molecule has 1 aromatic carbocycles. The van der Waals surface area contributed by atoms with Crippen molar-refractivity contribution in [3.05, 3.63) is 28.7 Å². The Hall–Kier alpha value is -0.860. The van der Waals surface area contributed by atoms with Gasteiger partial charge in [-0.1, -0.05) is 41.5 Å². The number of sulfone groups is 1. The van der Waals surface area contributed by atoms with Gasteiger partial charge < -0.3 is 4.90 Å². The molecular formula is C17H21BrN2O3S2. The zero-order valence-corrected chi connectivity index (χ0v) is 17.4. The first-order chi connectivity index (χ1) is 11.8. The number of nitrogens with zero attached hydrogens (tertiary/aromatic N) is 2. The molecule has 0 unspecified atom stereocenters. The molecule has 1 amide bonds. The van der Waals surface area contributed by atoms with E-state index in [9.17, 15) is 13.2 Å². The normalized spacial score (nSPS) is 26.4. The van der Waals surface area contributed by atoms with Gasteiger partial charge in [-0.25, -0.2) is 8.42 Å². The largest absolute Gasteiger partial charge is 0.316 e. The molecule has 1 aromatic rings. The van der Waals surface area contributed by atoms with Crippen LogP contribution >= 0.6 is 27.7 Å². The maximum atomic E-state index is 12.5. The number of benzene rings is 1. The highest BCUT2D eigenvalue weighted by atomic mass is 79.9. The summed E-state index contributed by atoms with van der Waals surface area (Å²) in [4.78, 5) is 18.8. The zero-order valence-electron chi connectivity index (χ0n) is 14.2. The first-order valence-corrected chi connectivity index (χ1v) is 11.9. The quantitative estimate of drug-likeness (QED) is 0.710. The highest BCUT2D eigenvalue weighted by Crippen LogP contribution is 2.41. The predicted octanol–water partition coefficient (Wildman–Crippen LogP) is 3.49. The summed E-state index contributed by atoms with van der Waals surface area (Å²) in [6, 6.07) is 7.52. The third-order valence-electron chi connectivity index (χ3n) is 4.71. The number of carbonyl (C=O) groups excluding carboxylic acids is 1. The second kappa shape index (κ2) is 7.40. The second-order valence-electron chi connectivity index (χ2n) is 6.39. The van der Waals surface area contributed by atoms with Gasteiger partial charge in [0.05, 0.1) is 17.5 Å². The van der Waals surface area contributed by atoms with Crippen molar-refractivity contribution in [1.82, 2.24) is 0 Å². The van der Waals surface area contributed by atoms with Crippen molar-refractivity contribution in [3.8, 4) is 0 Å². The van der Waals surface area contributed by atoms with Crippen LogP contribution in [0.3, 0.4) is 0 Å². The van der Waals surface area contributed by atoms with E-state index in [2.05, 4.69) is 20.9 Å². The van der Waals surface area contributed by atoms with E-state index in [1.54, 1.807) is 0 Å². The fourth-order valence-corrected chi connectivity index (χ4v) is 7.48. The van der Waals surface area contributed by atoms with Gasteiger partial charge in [0, 0.05) is 21.3 Å². The molecule has 136 valence electrons. The Balaban J connectivity index is 1.97. The Bertz CT molecular complexity index is 789. The molecule has 0 spiro atoms. The first kappa shape index (κ1) is 18.9. The summed E-state index contributed by atoms with van der Waals surface area (Å²) in [6.07, 6.45) is 1.52. The Kier molecular flexibility index (Phi) is 5.60. The van der Waals surface area contributed by atoms with Crippen molar-refractivity contribution in [2.75, 3.05) is 16.4 Å². The van der Waals surface area contributed by atoms with Crippen LogP contribution < -0.4 is 4.90 Å². The van der Waals surface area contributed by atoms with Gasteiger partial charge in [0.15, 0.2) is 15.0 Å². The number of carbonyl (C=O) groups is 1. The molecule has 0 N–H and O–H groups in total. The van der Waals surface area contributed by atoms with Crippen LogP contribution in [0.15, 0.2) is 33.7 Å².